The largest absolute Gasteiger partial charge is 0.479 e. The minimum absolute atomic E-state index is 0.228. The van der Waals surface area contributed by atoms with Gasteiger partial charge >= 0.3 is 5.97 Å². The average molecular weight is 452 g/mol. The number of rotatable bonds is 5. The van der Waals surface area contributed by atoms with E-state index in [4.69, 9.17) is 9.47 Å². The number of aromatic nitrogens is 1. The van der Waals surface area contributed by atoms with Crippen molar-refractivity contribution in [2.75, 3.05) is 23.9 Å². The van der Waals surface area contributed by atoms with Crippen LogP contribution in [0.5, 0.6) is 5.75 Å². The summed E-state index contributed by atoms with van der Waals surface area (Å²) >= 11 is 1.53. The minimum atomic E-state index is -0.731. The molecule has 0 fully saturated rings. The van der Waals surface area contributed by atoms with Gasteiger partial charge in [-0.1, -0.05) is 12.1 Å². The number of anilines is 2. The standard InChI is InChI=1S/C23H21N3O5S/c1-13-22(28)26(11-21(27)25-17-7-5-4-6-16(17)23(29)30-3)19-10-15(8-9-20(19)31-13)18-12-32-14(2)24-18/h4-10,12-13H,11H2,1-3H3,(H,25,27). The highest BCUT2D eigenvalue weighted by molar-refractivity contribution is 7.09. The second-order valence-electron chi connectivity index (χ2n) is 7.20. The maximum absolute atomic E-state index is 12.9. The lowest BCUT2D eigenvalue weighted by atomic mass is 10.1. The number of benzene rings is 2. The summed E-state index contributed by atoms with van der Waals surface area (Å²) in [5, 5.41) is 5.57. The number of esters is 1. The van der Waals surface area contributed by atoms with Gasteiger partial charge in [-0.3, -0.25) is 14.5 Å². The molecule has 4 rings (SSSR count). The van der Waals surface area contributed by atoms with Crippen LogP contribution in [0.2, 0.25) is 0 Å². The van der Waals surface area contributed by atoms with Crippen LogP contribution in [-0.4, -0.2) is 42.5 Å². The number of thiazole rings is 1. The predicted molar refractivity (Wildman–Crippen MR) is 121 cm³/mol. The Morgan fingerprint density at radius 1 is 1.25 bits per heavy atom. The second-order valence-corrected chi connectivity index (χ2v) is 8.27. The first-order valence-electron chi connectivity index (χ1n) is 9.89. The van der Waals surface area contributed by atoms with Crippen LogP contribution >= 0.6 is 11.3 Å². The van der Waals surface area contributed by atoms with Crippen LogP contribution in [0.25, 0.3) is 11.3 Å². The van der Waals surface area contributed by atoms with Crippen molar-refractivity contribution in [1.29, 1.82) is 0 Å². The van der Waals surface area contributed by atoms with Gasteiger partial charge in [0.1, 0.15) is 12.3 Å². The van der Waals surface area contributed by atoms with Crippen LogP contribution in [0.3, 0.4) is 0 Å². The summed E-state index contributed by atoms with van der Waals surface area (Å²) in [6.45, 7) is 3.32. The highest BCUT2D eigenvalue weighted by Crippen LogP contribution is 2.37. The van der Waals surface area contributed by atoms with E-state index in [1.807, 2.05) is 18.4 Å². The van der Waals surface area contributed by atoms with E-state index in [0.717, 1.165) is 16.3 Å². The molecule has 0 radical (unpaired) electrons. The number of hydrogen-bond acceptors (Lipinski definition) is 7. The number of nitrogens with one attached hydrogen (secondary N) is 1. The summed E-state index contributed by atoms with van der Waals surface area (Å²) in [6, 6.07) is 12.0. The number of fused-ring (bicyclic) bond motifs is 1. The van der Waals surface area contributed by atoms with Crippen molar-refractivity contribution in [1.82, 2.24) is 4.98 Å². The fourth-order valence-electron chi connectivity index (χ4n) is 3.44. The third kappa shape index (κ3) is 4.19. The van der Waals surface area contributed by atoms with E-state index in [1.54, 1.807) is 43.3 Å². The Hall–Kier alpha value is -3.72. The molecule has 1 aliphatic heterocycles. The van der Waals surface area contributed by atoms with Gasteiger partial charge in [0.2, 0.25) is 5.91 Å². The average Bonchev–Trinajstić information content (AvgIpc) is 3.22. The molecule has 0 saturated carbocycles. The number of amides is 2. The normalized spacial score (nSPS) is 15.0. The first kappa shape index (κ1) is 21.5. The van der Waals surface area contributed by atoms with Gasteiger partial charge < -0.3 is 14.8 Å². The molecular weight excluding hydrogens is 430 g/mol. The Balaban J connectivity index is 1.62. The fraction of sp³-hybridized carbons (Fsp3) is 0.217. The zero-order chi connectivity index (χ0) is 22.8. The van der Waals surface area contributed by atoms with Gasteiger partial charge in [0.05, 0.1) is 34.7 Å². The molecule has 2 aromatic carbocycles. The quantitative estimate of drug-likeness (QED) is 0.595. The molecule has 0 saturated heterocycles. The third-order valence-corrected chi connectivity index (χ3v) is 5.76. The van der Waals surface area contributed by atoms with Crippen molar-refractivity contribution in [3.05, 3.63) is 58.4 Å². The van der Waals surface area contributed by atoms with E-state index in [2.05, 4.69) is 10.3 Å². The number of ether oxygens (including phenoxy) is 2. The Labute approximate surface area is 188 Å². The Bertz CT molecular complexity index is 1210. The smallest absolute Gasteiger partial charge is 0.339 e. The molecule has 3 aromatic rings. The number of hydrogen-bond donors (Lipinski definition) is 1. The van der Waals surface area contributed by atoms with Crippen LogP contribution < -0.4 is 15.0 Å². The van der Waals surface area contributed by atoms with Gasteiger partial charge in [-0.2, -0.15) is 0 Å². The molecule has 1 N–H and O–H groups in total. The lowest BCUT2D eigenvalue weighted by Crippen LogP contribution is -2.47. The van der Waals surface area contributed by atoms with Crippen molar-refractivity contribution < 1.29 is 23.9 Å². The van der Waals surface area contributed by atoms with Crippen molar-refractivity contribution in [3.63, 3.8) is 0 Å². The molecule has 8 nitrogen and oxygen atoms in total. The topological polar surface area (TPSA) is 97.8 Å². The van der Waals surface area contributed by atoms with Crippen molar-refractivity contribution >= 4 is 40.5 Å². The van der Waals surface area contributed by atoms with Crippen LogP contribution in [0.15, 0.2) is 47.8 Å². The molecule has 2 heterocycles. The van der Waals surface area contributed by atoms with Gasteiger partial charge in [0, 0.05) is 10.9 Å². The molecular formula is C23H21N3O5S. The molecule has 9 heteroatoms. The maximum Gasteiger partial charge on any atom is 0.339 e. The SMILES string of the molecule is COC(=O)c1ccccc1NC(=O)CN1C(=O)C(C)Oc2ccc(-c3csc(C)n3)cc21. The van der Waals surface area contributed by atoms with Gasteiger partial charge in [0.15, 0.2) is 6.10 Å². The minimum Gasteiger partial charge on any atom is -0.479 e. The van der Waals surface area contributed by atoms with Crippen LogP contribution in [0.4, 0.5) is 11.4 Å². The van der Waals surface area contributed by atoms with Gasteiger partial charge in [-0.15, -0.1) is 11.3 Å². The van der Waals surface area contributed by atoms with E-state index in [-0.39, 0.29) is 18.0 Å². The summed E-state index contributed by atoms with van der Waals surface area (Å²) in [6.07, 6.45) is -0.731. The maximum atomic E-state index is 12.9. The van der Waals surface area contributed by atoms with E-state index in [0.29, 0.717) is 17.1 Å². The molecule has 1 atom stereocenters. The molecule has 164 valence electrons. The third-order valence-electron chi connectivity index (χ3n) is 4.99. The molecule has 32 heavy (non-hydrogen) atoms. The first-order valence-corrected chi connectivity index (χ1v) is 10.8. The first-order chi connectivity index (χ1) is 15.4. The Kier molecular flexibility index (Phi) is 5.91. The van der Waals surface area contributed by atoms with Crippen LogP contribution in [0.1, 0.15) is 22.3 Å². The van der Waals surface area contributed by atoms with Gasteiger partial charge in [-0.05, 0) is 44.2 Å². The molecule has 2 amide bonds. The molecule has 1 aromatic heterocycles. The summed E-state index contributed by atoms with van der Waals surface area (Å²) in [5.41, 5.74) is 2.64. The van der Waals surface area contributed by atoms with Crippen molar-refractivity contribution in [2.45, 2.75) is 20.0 Å². The summed E-state index contributed by atoms with van der Waals surface area (Å²) in [4.78, 5) is 43.6. The summed E-state index contributed by atoms with van der Waals surface area (Å²) in [7, 11) is 1.27. The number of carbonyl (C=O) groups excluding carboxylic acids is 3. The van der Waals surface area contributed by atoms with E-state index < -0.39 is 18.0 Å². The predicted octanol–water partition coefficient (Wildman–Crippen LogP) is 3.66. The molecule has 0 bridgehead atoms. The molecule has 1 unspecified atom stereocenters. The number of nitrogens with zero attached hydrogens (tertiary/aromatic N) is 2. The van der Waals surface area contributed by atoms with Crippen molar-refractivity contribution in [2.24, 2.45) is 0 Å². The van der Waals surface area contributed by atoms with Gasteiger partial charge in [-0.25, -0.2) is 9.78 Å². The van der Waals surface area contributed by atoms with Crippen LogP contribution in [0, 0.1) is 6.92 Å². The zero-order valence-corrected chi connectivity index (χ0v) is 18.6. The van der Waals surface area contributed by atoms with Gasteiger partial charge in [0.25, 0.3) is 5.91 Å². The highest BCUT2D eigenvalue weighted by atomic mass is 32.1. The monoisotopic (exact) mass is 451 g/mol. The molecule has 1 aliphatic rings. The zero-order valence-electron chi connectivity index (χ0n) is 17.7. The lowest BCUT2D eigenvalue weighted by molar-refractivity contribution is -0.127. The summed E-state index contributed by atoms with van der Waals surface area (Å²) in [5.74, 6) is -0.841. The van der Waals surface area contributed by atoms with Crippen molar-refractivity contribution in [3.8, 4) is 17.0 Å². The molecule has 0 aliphatic carbocycles. The van der Waals surface area contributed by atoms with E-state index >= 15 is 0 Å². The number of para-hydroxylation sites is 1. The van der Waals surface area contributed by atoms with Crippen LogP contribution in [-0.2, 0) is 14.3 Å². The number of aryl methyl sites for hydroxylation is 1. The number of carbonyl (C=O) groups is 3. The fourth-order valence-corrected chi connectivity index (χ4v) is 4.06. The highest BCUT2D eigenvalue weighted by Gasteiger charge is 2.33. The van der Waals surface area contributed by atoms with E-state index in [9.17, 15) is 14.4 Å². The Morgan fingerprint density at radius 2 is 2.03 bits per heavy atom. The lowest BCUT2D eigenvalue weighted by Gasteiger charge is -2.33. The number of methoxy groups -OCH3 is 1. The van der Waals surface area contributed by atoms with E-state index in [1.165, 1.54) is 23.3 Å². The second kappa shape index (κ2) is 8.80. The summed E-state index contributed by atoms with van der Waals surface area (Å²) < 4.78 is 10.5. The Morgan fingerprint density at radius 3 is 2.75 bits per heavy atom. The molecule has 0 spiro atoms.